The predicted octanol–water partition coefficient (Wildman–Crippen LogP) is 8.62. The highest BCUT2D eigenvalue weighted by molar-refractivity contribution is 5.87. The average molecular weight is 845 g/mol. The largest absolute Gasteiger partial charge is 0.446 e. The van der Waals surface area contributed by atoms with E-state index in [1.54, 1.807) is 11.1 Å². The van der Waals surface area contributed by atoms with Gasteiger partial charge in [-0.15, -0.1) is 0 Å². The second-order valence-corrected chi connectivity index (χ2v) is 17.9. The van der Waals surface area contributed by atoms with Gasteiger partial charge in [-0.25, -0.2) is 19.6 Å². The lowest BCUT2D eigenvalue weighted by Crippen LogP contribution is -2.51. The molecule has 0 unspecified atom stereocenters. The van der Waals surface area contributed by atoms with Gasteiger partial charge in [-0.05, 0) is 92.7 Å². The van der Waals surface area contributed by atoms with E-state index in [4.69, 9.17) is 14.5 Å². The second-order valence-electron chi connectivity index (χ2n) is 17.9. The molecule has 4 amide bonds. The number of benzene rings is 2. The average Bonchev–Trinajstić information content (AvgIpc) is 4.12. The van der Waals surface area contributed by atoms with Crippen LogP contribution in [0.1, 0.15) is 116 Å². The monoisotopic (exact) mass is 844 g/mol. The molecule has 2 aliphatic heterocycles. The molecule has 2 aliphatic carbocycles. The maximum atomic E-state index is 13.9. The number of hydrogen-bond donors (Lipinski definition) is 4. The minimum absolute atomic E-state index is 0.0708. The van der Waals surface area contributed by atoms with Crippen molar-refractivity contribution in [2.45, 2.75) is 128 Å². The van der Waals surface area contributed by atoms with Crippen LogP contribution in [0.2, 0.25) is 0 Å². The van der Waals surface area contributed by atoms with E-state index in [0.717, 1.165) is 104 Å². The number of aromatic amines is 2. The summed E-state index contributed by atoms with van der Waals surface area (Å²) in [5.41, 5.74) is 5.66. The molecule has 2 saturated carbocycles. The molecule has 2 aromatic carbocycles. The topological polar surface area (TPSA) is 175 Å². The van der Waals surface area contributed by atoms with Crippen molar-refractivity contribution in [3.8, 4) is 33.6 Å². The van der Waals surface area contributed by atoms with E-state index >= 15 is 0 Å². The Hall–Kier alpha value is -5.92. The maximum Gasteiger partial charge on any atom is 0.408 e. The summed E-state index contributed by atoms with van der Waals surface area (Å²) in [6.45, 7) is 8.76. The van der Waals surface area contributed by atoms with E-state index < -0.39 is 24.3 Å². The molecule has 4 heterocycles. The van der Waals surface area contributed by atoms with Crippen LogP contribution < -0.4 is 10.6 Å². The minimum Gasteiger partial charge on any atom is -0.446 e. The highest BCUT2D eigenvalue weighted by Crippen LogP contribution is 2.34. The highest BCUT2D eigenvalue weighted by atomic mass is 16.6. The Balaban J connectivity index is 0.881. The van der Waals surface area contributed by atoms with Crippen molar-refractivity contribution in [3.63, 3.8) is 0 Å². The molecule has 3 fully saturated rings. The number of imidazole rings is 2. The number of carbonyl (C=O) groups excluding carboxylic acids is 4. The van der Waals surface area contributed by atoms with Gasteiger partial charge in [-0.2, -0.15) is 0 Å². The van der Waals surface area contributed by atoms with Gasteiger partial charge in [0.15, 0.2) is 0 Å². The Morgan fingerprint density at radius 3 is 1.77 bits per heavy atom. The third kappa shape index (κ3) is 9.59. The molecular weight excluding hydrogens is 785 g/mol. The summed E-state index contributed by atoms with van der Waals surface area (Å²) < 4.78 is 11.2. The van der Waals surface area contributed by atoms with Crippen LogP contribution in [-0.4, -0.2) is 91.1 Å². The third-order valence-electron chi connectivity index (χ3n) is 12.8. The fourth-order valence-corrected chi connectivity index (χ4v) is 9.29. The number of H-pyrrole nitrogens is 2. The zero-order valence-corrected chi connectivity index (χ0v) is 36.3. The SMILES string of the molecule is CC(C)[C@H](NC(=O)OC1CCCC1)C(=O)N1CC=C[C@H]1c1ncc(-c2ccc(-c3ccc(-c4c[nH]c([C@@H]5CCCN5C(=O)[C@@H](NC(=O)OC5CCCC5)C(C)C)n4)cc3)cc2)[nH]1. The molecular formula is C48H60N8O6. The fourth-order valence-electron chi connectivity index (χ4n) is 9.29. The first-order valence-corrected chi connectivity index (χ1v) is 22.6. The van der Waals surface area contributed by atoms with Crippen molar-refractivity contribution in [2.24, 2.45) is 11.8 Å². The van der Waals surface area contributed by atoms with Crippen molar-refractivity contribution in [3.05, 3.63) is 84.7 Å². The van der Waals surface area contributed by atoms with E-state index in [9.17, 15) is 19.2 Å². The first kappa shape index (κ1) is 42.8. The molecule has 4 aliphatic rings. The number of likely N-dealkylation sites (tertiary alicyclic amines) is 1. The van der Waals surface area contributed by atoms with E-state index in [0.29, 0.717) is 18.9 Å². The van der Waals surface area contributed by atoms with Crippen LogP contribution in [0.15, 0.2) is 73.1 Å². The first-order valence-electron chi connectivity index (χ1n) is 22.6. The van der Waals surface area contributed by atoms with Gasteiger partial charge in [0.1, 0.15) is 42.0 Å². The number of aromatic nitrogens is 4. The van der Waals surface area contributed by atoms with E-state index in [1.807, 2.05) is 50.9 Å². The van der Waals surface area contributed by atoms with Crippen LogP contribution in [0.3, 0.4) is 0 Å². The molecule has 62 heavy (non-hydrogen) atoms. The van der Waals surface area contributed by atoms with Crippen LogP contribution >= 0.6 is 0 Å². The number of alkyl carbamates (subject to hydrolysis) is 2. The fraction of sp³-hybridized carbons (Fsp3) is 0.500. The molecule has 0 radical (unpaired) electrons. The van der Waals surface area contributed by atoms with Gasteiger partial charge in [-0.1, -0.05) is 88.4 Å². The van der Waals surface area contributed by atoms with Gasteiger partial charge in [0.05, 0.1) is 23.6 Å². The summed E-state index contributed by atoms with van der Waals surface area (Å²) in [4.78, 5) is 73.1. The Labute approximate surface area is 363 Å². The van der Waals surface area contributed by atoms with Gasteiger partial charge >= 0.3 is 12.2 Å². The van der Waals surface area contributed by atoms with Gasteiger partial charge < -0.3 is 39.9 Å². The Kier molecular flexibility index (Phi) is 13.1. The predicted molar refractivity (Wildman–Crippen MR) is 235 cm³/mol. The lowest BCUT2D eigenvalue weighted by atomic mass is 10.0. The van der Waals surface area contributed by atoms with E-state index in [1.165, 1.54) is 0 Å². The first-order chi connectivity index (χ1) is 30.0. The van der Waals surface area contributed by atoms with Gasteiger partial charge in [0.2, 0.25) is 11.8 Å². The number of nitrogens with one attached hydrogen (secondary N) is 4. The summed E-state index contributed by atoms with van der Waals surface area (Å²) >= 11 is 0. The summed E-state index contributed by atoms with van der Waals surface area (Å²) in [6, 6.07) is 14.5. The van der Waals surface area contributed by atoms with Crippen molar-refractivity contribution in [2.75, 3.05) is 13.1 Å². The lowest BCUT2D eigenvalue weighted by Gasteiger charge is -2.30. The van der Waals surface area contributed by atoms with Gasteiger partial charge in [-0.3, -0.25) is 9.59 Å². The summed E-state index contributed by atoms with van der Waals surface area (Å²) in [5.74, 6) is 0.881. The molecule has 4 atom stereocenters. The summed E-state index contributed by atoms with van der Waals surface area (Å²) in [6.07, 6.45) is 15.8. The number of nitrogens with zero attached hydrogens (tertiary/aromatic N) is 4. The van der Waals surface area contributed by atoms with Crippen molar-refractivity contribution < 1.29 is 28.7 Å². The smallest absolute Gasteiger partial charge is 0.408 e. The van der Waals surface area contributed by atoms with Crippen LogP contribution in [0.25, 0.3) is 33.6 Å². The van der Waals surface area contributed by atoms with Crippen molar-refractivity contribution >= 4 is 24.0 Å². The Bertz CT molecular complexity index is 2220. The highest BCUT2D eigenvalue weighted by Gasteiger charge is 2.39. The molecule has 4 N–H and O–H groups in total. The Morgan fingerprint density at radius 2 is 1.21 bits per heavy atom. The van der Waals surface area contributed by atoms with Crippen LogP contribution in [-0.2, 0) is 19.1 Å². The van der Waals surface area contributed by atoms with Crippen molar-refractivity contribution in [1.82, 2.24) is 40.4 Å². The minimum atomic E-state index is -0.716. The third-order valence-corrected chi connectivity index (χ3v) is 12.8. The molecule has 2 aromatic heterocycles. The van der Waals surface area contributed by atoms with E-state index in [-0.39, 0.29) is 47.9 Å². The number of carbonyl (C=O) groups is 4. The quantitative estimate of drug-likeness (QED) is 0.0968. The van der Waals surface area contributed by atoms with Gasteiger partial charge in [0.25, 0.3) is 0 Å². The zero-order chi connectivity index (χ0) is 43.3. The van der Waals surface area contributed by atoms with Crippen molar-refractivity contribution in [1.29, 1.82) is 0 Å². The number of rotatable bonds is 13. The normalized spacial score (nSPS) is 20.3. The molecule has 8 rings (SSSR count). The van der Waals surface area contributed by atoms with Crippen LogP contribution in [0.4, 0.5) is 9.59 Å². The number of ether oxygens (including phenoxy) is 2. The standard InChI is InChI=1S/C48H60N8O6/c1-29(2)41(53-47(59)61-35-11-5-6-12-35)45(57)55-25-9-15-39(55)43-49-27-37(51-43)33-21-17-31(18-22-33)32-19-23-34(24-20-32)38-28-50-44(52-38)40-16-10-26-56(40)46(58)42(30(3)4)54-48(60)62-36-13-7-8-14-36/h9,15,17-24,27-30,35-36,39-42H,5-8,10-14,16,25-26H2,1-4H3,(H,49,51)(H,50,52)(H,53,59)(H,54,60)/t39-,40-,41-,42-/m0/s1. The molecule has 328 valence electrons. The molecule has 14 nitrogen and oxygen atoms in total. The number of amides is 4. The summed E-state index contributed by atoms with van der Waals surface area (Å²) in [5, 5.41) is 5.72. The second kappa shape index (κ2) is 19.0. The molecule has 14 heteroatoms. The summed E-state index contributed by atoms with van der Waals surface area (Å²) in [7, 11) is 0. The lowest BCUT2D eigenvalue weighted by molar-refractivity contribution is -0.136. The maximum absolute atomic E-state index is 13.9. The number of hydrogen-bond acceptors (Lipinski definition) is 8. The van der Waals surface area contributed by atoms with Crippen LogP contribution in [0.5, 0.6) is 0 Å². The van der Waals surface area contributed by atoms with E-state index in [2.05, 4.69) is 74.1 Å². The molecule has 1 saturated heterocycles. The van der Waals surface area contributed by atoms with Gasteiger partial charge in [0, 0.05) is 24.8 Å². The Morgan fingerprint density at radius 1 is 0.677 bits per heavy atom. The molecule has 0 bridgehead atoms. The zero-order valence-electron chi connectivity index (χ0n) is 36.3. The van der Waals surface area contributed by atoms with Crippen LogP contribution in [0, 0.1) is 11.8 Å². The molecule has 4 aromatic rings. The molecule has 0 spiro atoms.